The molecule has 0 aliphatic carbocycles. The molecule has 1 amide bonds. The molecule has 0 saturated carbocycles. The third-order valence-corrected chi connectivity index (χ3v) is 6.49. The molecule has 8 nitrogen and oxygen atoms in total. The van der Waals surface area contributed by atoms with Crippen molar-refractivity contribution in [2.24, 2.45) is 5.73 Å². The van der Waals surface area contributed by atoms with Crippen molar-refractivity contribution in [2.45, 2.75) is 24.8 Å². The van der Waals surface area contributed by atoms with Gasteiger partial charge in [0.15, 0.2) is 5.69 Å². The van der Waals surface area contributed by atoms with E-state index < -0.39 is 15.9 Å². The average molecular weight is 438 g/mol. The Balaban J connectivity index is 2.43. The molecule has 1 aromatic heterocycles. The zero-order valence-corrected chi connectivity index (χ0v) is 18.7. The summed E-state index contributed by atoms with van der Waals surface area (Å²) in [6.07, 6.45) is 1.61. The van der Waals surface area contributed by atoms with Gasteiger partial charge in [-0.2, -0.15) is 5.10 Å². The molecule has 164 valence electrons. The fraction of sp³-hybridized carbons (Fsp3) is 0.400. The van der Waals surface area contributed by atoms with Gasteiger partial charge in [0.2, 0.25) is 10.0 Å². The van der Waals surface area contributed by atoms with Crippen LogP contribution in [0.25, 0.3) is 0 Å². The van der Waals surface area contributed by atoms with Crippen LogP contribution in [-0.2, 0) is 23.0 Å². The number of hydrogen-bond donors (Lipinski definition) is 1. The van der Waals surface area contributed by atoms with E-state index >= 15 is 0 Å². The van der Waals surface area contributed by atoms with Crippen LogP contribution < -0.4 is 5.73 Å². The first-order chi connectivity index (χ1) is 14.0. The second kappa shape index (κ2) is 9.50. The normalized spacial score (nSPS) is 12.5. The molecule has 0 saturated heterocycles. The van der Waals surface area contributed by atoms with E-state index in [1.165, 1.54) is 41.9 Å². The van der Waals surface area contributed by atoms with Crippen molar-refractivity contribution < 1.29 is 17.6 Å². The highest BCUT2D eigenvalue weighted by molar-refractivity contribution is 7.89. The number of rotatable bonds is 8. The lowest BCUT2D eigenvalue weighted by atomic mass is 10.0. The van der Waals surface area contributed by atoms with E-state index in [2.05, 4.69) is 5.10 Å². The lowest BCUT2D eigenvalue weighted by Crippen LogP contribution is -2.23. The number of halogens is 1. The van der Waals surface area contributed by atoms with E-state index in [0.717, 1.165) is 9.87 Å². The number of nitrogens with zero attached hydrogens (tertiary/aromatic N) is 4. The van der Waals surface area contributed by atoms with E-state index in [1.807, 2.05) is 0 Å². The van der Waals surface area contributed by atoms with Crippen LogP contribution in [0.2, 0.25) is 0 Å². The molecule has 1 aromatic carbocycles. The molecule has 2 N–H and O–H groups in total. The minimum atomic E-state index is -3.52. The second-order valence-electron chi connectivity index (χ2n) is 7.26. The van der Waals surface area contributed by atoms with Gasteiger partial charge in [-0.1, -0.05) is 12.1 Å². The number of aromatic nitrogens is 2. The Morgan fingerprint density at radius 3 is 2.30 bits per heavy atom. The van der Waals surface area contributed by atoms with E-state index in [9.17, 15) is 17.6 Å². The Kier molecular flexibility index (Phi) is 7.51. The molecule has 1 heterocycles. The first-order valence-corrected chi connectivity index (χ1v) is 10.8. The zero-order chi connectivity index (χ0) is 22.6. The predicted molar refractivity (Wildman–Crippen MR) is 113 cm³/mol. The van der Waals surface area contributed by atoms with Gasteiger partial charge in [-0.15, -0.1) is 0 Å². The standard InChI is InChI=1S/C20H28FN5O3S/c1-14-18(12-15-6-8-17(9-7-15)30(28,29)25(4)5)19(20(27)24(2)3)23-26(14)13-16(21)10-11-22/h6-10H,11-13,22H2,1-5H3. The summed E-state index contributed by atoms with van der Waals surface area (Å²) in [5.41, 5.74) is 7.72. The van der Waals surface area contributed by atoms with Crippen molar-refractivity contribution in [1.82, 2.24) is 19.0 Å². The van der Waals surface area contributed by atoms with Crippen molar-refractivity contribution in [3.8, 4) is 0 Å². The molecule has 10 heteroatoms. The number of allylic oxidation sites excluding steroid dienone is 1. The van der Waals surface area contributed by atoms with Gasteiger partial charge >= 0.3 is 0 Å². The average Bonchev–Trinajstić information content (AvgIpc) is 2.97. The highest BCUT2D eigenvalue weighted by Crippen LogP contribution is 2.22. The molecule has 0 radical (unpaired) electrons. The van der Waals surface area contributed by atoms with Crippen molar-refractivity contribution in [1.29, 1.82) is 0 Å². The van der Waals surface area contributed by atoms with Crippen molar-refractivity contribution in [3.05, 3.63) is 58.7 Å². The van der Waals surface area contributed by atoms with Gasteiger partial charge in [0.05, 0.1) is 11.4 Å². The van der Waals surface area contributed by atoms with E-state index in [0.29, 0.717) is 17.7 Å². The van der Waals surface area contributed by atoms with E-state index in [1.54, 1.807) is 33.2 Å². The predicted octanol–water partition coefficient (Wildman–Crippen LogP) is 1.55. The highest BCUT2D eigenvalue weighted by Gasteiger charge is 2.23. The van der Waals surface area contributed by atoms with Crippen LogP contribution in [0, 0.1) is 6.92 Å². The minimum Gasteiger partial charge on any atom is -0.343 e. The summed E-state index contributed by atoms with van der Waals surface area (Å²) in [6, 6.07) is 6.46. The van der Waals surface area contributed by atoms with Crippen molar-refractivity contribution in [3.63, 3.8) is 0 Å². The maximum atomic E-state index is 14.0. The zero-order valence-electron chi connectivity index (χ0n) is 17.9. The fourth-order valence-electron chi connectivity index (χ4n) is 2.86. The van der Waals surface area contributed by atoms with Crippen LogP contribution >= 0.6 is 0 Å². The number of nitrogens with two attached hydrogens (primary N) is 1. The number of hydrogen-bond acceptors (Lipinski definition) is 5. The van der Waals surface area contributed by atoms with Crippen LogP contribution in [0.5, 0.6) is 0 Å². The summed E-state index contributed by atoms with van der Waals surface area (Å²) in [4.78, 5) is 14.2. The first kappa shape index (κ1) is 23.7. The molecular weight excluding hydrogens is 409 g/mol. The molecule has 2 aromatic rings. The molecule has 0 atom stereocenters. The van der Waals surface area contributed by atoms with Crippen LogP contribution in [0.3, 0.4) is 0 Å². The highest BCUT2D eigenvalue weighted by atomic mass is 32.2. The molecule has 0 unspecified atom stereocenters. The number of amides is 1. The minimum absolute atomic E-state index is 0.0741. The first-order valence-electron chi connectivity index (χ1n) is 9.33. The number of carbonyl (C=O) groups is 1. The van der Waals surface area contributed by atoms with Crippen LogP contribution in [0.4, 0.5) is 4.39 Å². The lowest BCUT2D eigenvalue weighted by molar-refractivity contribution is 0.0820. The van der Waals surface area contributed by atoms with Crippen LogP contribution in [0.1, 0.15) is 27.3 Å². The molecule has 0 aliphatic rings. The molecule has 0 aliphatic heterocycles. The molecule has 30 heavy (non-hydrogen) atoms. The van der Waals surface area contributed by atoms with Gasteiger partial charge in [-0.25, -0.2) is 17.1 Å². The van der Waals surface area contributed by atoms with E-state index in [-0.39, 0.29) is 29.6 Å². The SMILES string of the molecule is Cc1c(Cc2ccc(S(=O)(=O)N(C)C)cc2)c(C(=O)N(C)C)nn1CC(F)=CCN. The summed E-state index contributed by atoms with van der Waals surface area (Å²) in [7, 11) is 2.66. The Hall–Kier alpha value is -2.56. The molecule has 0 fully saturated rings. The maximum absolute atomic E-state index is 14.0. The van der Waals surface area contributed by atoms with Gasteiger partial charge in [0.1, 0.15) is 5.83 Å². The third kappa shape index (κ3) is 5.13. The summed E-state index contributed by atoms with van der Waals surface area (Å²) < 4.78 is 41.1. The Labute approximate surface area is 176 Å². The Bertz CT molecular complexity index is 1040. The Morgan fingerprint density at radius 2 is 1.80 bits per heavy atom. The summed E-state index contributed by atoms with van der Waals surface area (Å²) in [5.74, 6) is -0.724. The summed E-state index contributed by atoms with van der Waals surface area (Å²) in [5, 5.41) is 4.33. The van der Waals surface area contributed by atoms with Crippen molar-refractivity contribution in [2.75, 3.05) is 34.7 Å². The summed E-state index contributed by atoms with van der Waals surface area (Å²) >= 11 is 0. The topological polar surface area (TPSA) is 102 Å². The largest absolute Gasteiger partial charge is 0.343 e. The fourth-order valence-corrected chi connectivity index (χ4v) is 3.76. The van der Waals surface area contributed by atoms with Crippen molar-refractivity contribution >= 4 is 15.9 Å². The smallest absolute Gasteiger partial charge is 0.274 e. The molecule has 0 spiro atoms. The third-order valence-electron chi connectivity index (χ3n) is 4.66. The van der Waals surface area contributed by atoms with Crippen LogP contribution in [0.15, 0.2) is 41.1 Å². The van der Waals surface area contributed by atoms with Gasteiger partial charge in [0.25, 0.3) is 5.91 Å². The lowest BCUT2D eigenvalue weighted by Gasteiger charge is -2.12. The molecule has 2 rings (SSSR count). The van der Waals surface area contributed by atoms with Gasteiger partial charge < -0.3 is 10.6 Å². The molecule has 0 bridgehead atoms. The van der Waals surface area contributed by atoms with E-state index in [4.69, 9.17) is 5.73 Å². The summed E-state index contributed by atoms with van der Waals surface area (Å²) in [6.45, 7) is 1.73. The monoisotopic (exact) mass is 437 g/mol. The van der Waals surface area contributed by atoms with Gasteiger partial charge in [0, 0.05) is 52.4 Å². The van der Waals surface area contributed by atoms with Gasteiger partial charge in [-0.05, 0) is 30.7 Å². The maximum Gasteiger partial charge on any atom is 0.274 e. The van der Waals surface area contributed by atoms with Crippen LogP contribution in [-0.4, -0.2) is 68.0 Å². The van der Waals surface area contributed by atoms with Gasteiger partial charge in [-0.3, -0.25) is 9.48 Å². The number of benzene rings is 1. The molecular formula is C20H28FN5O3S. The second-order valence-corrected chi connectivity index (χ2v) is 9.42. The quantitative estimate of drug-likeness (QED) is 0.675. The number of sulfonamides is 1. The Morgan fingerprint density at radius 1 is 1.20 bits per heavy atom. The number of carbonyl (C=O) groups excluding carboxylic acids is 1.